The van der Waals surface area contributed by atoms with E-state index in [1.807, 2.05) is 0 Å². The van der Waals surface area contributed by atoms with Crippen molar-refractivity contribution in [2.75, 3.05) is 24.2 Å². The van der Waals surface area contributed by atoms with Gasteiger partial charge in [-0.05, 0) is 6.92 Å². The van der Waals surface area contributed by atoms with Gasteiger partial charge in [-0.1, -0.05) is 0 Å². The van der Waals surface area contributed by atoms with Gasteiger partial charge < -0.3 is 10.6 Å². The van der Waals surface area contributed by atoms with E-state index in [2.05, 4.69) is 9.97 Å². The number of aromatic nitrogens is 2. The third-order valence-corrected chi connectivity index (χ3v) is 2.33. The molecule has 1 aromatic rings. The summed E-state index contributed by atoms with van der Waals surface area (Å²) in [5, 5.41) is 10.9. The molecule has 0 spiro atoms. The van der Waals surface area contributed by atoms with Crippen LogP contribution in [-0.2, 0) is 0 Å². The Balaban J connectivity index is 3.08. The van der Waals surface area contributed by atoms with Gasteiger partial charge in [0.05, 0.1) is 11.3 Å². The van der Waals surface area contributed by atoms with Crippen LogP contribution >= 0.6 is 0 Å². The molecule has 7 nitrogen and oxygen atoms in total. The van der Waals surface area contributed by atoms with E-state index in [9.17, 15) is 23.3 Å². The lowest BCUT2D eigenvalue weighted by atomic mass is 10.3. The first kappa shape index (κ1) is 14.9. The van der Waals surface area contributed by atoms with E-state index in [0.717, 1.165) is 4.90 Å². The largest absolute Gasteiger partial charge is 0.390 e. The average Bonchev–Trinajstić information content (AvgIpc) is 2.22. The molecule has 0 bridgehead atoms. The van der Waals surface area contributed by atoms with Crippen LogP contribution in [0.4, 0.5) is 30.6 Å². The van der Waals surface area contributed by atoms with Gasteiger partial charge in [-0.3, -0.25) is 10.1 Å². The summed E-state index contributed by atoms with van der Waals surface area (Å²) < 4.78 is 36.4. The van der Waals surface area contributed by atoms with Crippen LogP contribution in [0.25, 0.3) is 0 Å². The van der Waals surface area contributed by atoms with Crippen molar-refractivity contribution in [1.29, 1.82) is 0 Å². The van der Waals surface area contributed by atoms with Crippen molar-refractivity contribution in [3.63, 3.8) is 0 Å². The molecule has 1 rings (SSSR count). The maximum absolute atomic E-state index is 12.1. The number of nitrogen functional groups attached to an aromatic ring is 1. The lowest BCUT2D eigenvalue weighted by Crippen LogP contribution is -2.26. The summed E-state index contributed by atoms with van der Waals surface area (Å²) in [4.78, 5) is 18.5. The van der Waals surface area contributed by atoms with Gasteiger partial charge in [-0.25, -0.2) is 4.98 Å². The molecule has 2 N–H and O–H groups in total. The molecule has 0 radical (unpaired) electrons. The first-order valence-electron chi connectivity index (χ1n) is 5.18. The summed E-state index contributed by atoms with van der Waals surface area (Å²) in [6.45, 7) is 0.886. The highest BCUT2D eigenvalue weighted by Crippen LogP contribution is 2.29. The molecular weight excluding hydrogens is 267 g/mol. The highest BCUT2D eigenvalue weighted by molar-refractivity contribution is 5.61. The Morgan fingerprint density at radius 2 is 2.00 bits per heavy atom. The second-order valence-electron chi connectivity index (χ2n) is 3.88. The number of rotatable bonds is 4. The molecular formula is C9H12F3N5O2. The topological polar surface area (TPSA) is 98.2 Å². The third-order valence-electron chi connectivity index (χ3n) is 2.33. The number of alkyl halides is 3. The predicted molar refractivity (Wildman–Crippen MR) is 61.8 cm³/mol. The summed E-state index contributed by atoms with van der Waals surface area (Å²) in [5.41, 5.74) is 4.91. The van der Waals surface area contributed by atoms with E-state index in [1.54, 1.807) is 0 Å². The number of nitrogens with two attached hydrogens (primary N) is 1. The fraction of sp³-hybridized carbons (Fsp3) is 0.556. The molecule has 0 atom stereocenters. The molecule has 0 aliphatic heterocycles. The van der Waals surface area contributed by atoms with Crippen molar-refractivity contribution in [1.82, 2.24) is 9.97 Å². The summed E-state index contributed by atoms with van der Waals surface area (Å²) in [6, 6.07) is 0. The maximum atomic E-state index is 12.1. The standard InChI is InChI=1S/C9H12F3N5O2/c1-5-6(17(18)19)7(15-8(13)14-5)16(2)4-3-9(10,11)12/h3-4H2,1-2H3,(H2,13,14,15). The van der Waals surface area contributed by atoms with E-state index in [-0.39, 0.29) is 17.5 Å². The first-order valence-corrected chi connectivity index (χ1v) is 5.18. The van der Waals surface area contributed by atoms with Crippen LogP contribution in [0.2, 0.25) is 0 Å². The minimum absolute atomic E-state index is 0.00589. The predicted octanol–water partition coefficient (Wildman–Crippen LogP) is 1.66. The van der Waals surface area contributed by atoms with Crippen LogP contribution in [-0.4, -0.2) is 34.7 Å². The van der Waals surface area contributed by atoms with Crippen LogP contribution in [0.5, 0.6) is 0 Å². The molecule has 0 aliphatic rings. The molecule has 10 heteroatoms. The monoisotopic (exact) mass is 279 g/mol. The zero-order valence-corrected chi connectivity index (χ0v) is 10.2. The Morgan fingerprint density at radius 1 is 1.42 bits per heavy atom. The Hall–Kier alpha value is -2.13. The Labute approximate surface area is 106 Å². The number of nitrogens with zero attached hydrogens (tertiary/aromatic N) is 4. The van der Waals surface area contributed by atoms with E-state index in [4.69, 9.17) is 5.73 Å². The summed E-state index contributed by atoms with van der Waals surface area (Å²) in [5.74, 6) is -0.448. The van der Waals surface area contributed by atoms with Crippen molar-refractivity contribution in [2.45, 2.75) is 19.5 Å². The number of nitro groups is 1. The molecule has 19 heavy (non-hydrogen) atoms. The lowest BCUT2D eigenvalue weighted by molar-refractivity contribution is -0.385. The number of anilines is 2. The van der Waals surface area contributed by atoms with Crippen LogP contribution < -0.4 is 10.6 Å². The highest BCUT2D eigenvalue weighted by Gasteiger charge is 2.30. The van der Waals surface area contributed by atoms with Crippen molar-refractivity contribution < 1.29 is 18.1 Å². The van der Waals surface area contributed by atoms with Gasteiger partial charge in [0.2, 0.25) is 11.8 Å². The smallest absolute Gasteiger partial charge is 0.368 e. The second-order valence-corrected chi connectivity index (χ2v) is 3.88. The number of halogens is 3. The fourth-order valence-corrected chi connectivity index (χ4v) is 1.45. The molecule has 0 aromatic carbocycles. The second kappa shape index (κ2) is 5.24. The lowest BCUT2D eigenvalue weighted by Gasteiger charge is -2.19. The zero-order chi connectivity index (χ0) is 14.8. The van der Waals surface area contributed by atoms with Gasteiger partial charge in [0.15, 0.2) is 0 Å². The summed E-state index contributed by atoms with van der Waals surface area (Å²) in [6.07, 6.45) is -5.46. The molecule has 106 valence electrons. The van der Waals surface area contributed by atoms with Gasteiger partial charge in [-0.15, -0.1) is 0 Å². The number of aryl methyl sites for hydroxylation is 1. The van der Waals surface area contributed by atoms with E-state index in [0.29, 0.717) is 0 Å². The van der Waals surface area contributed by atoms with Crippen molar-refractivity contribution in [3.05, 3.63) is 15.8 Å². The summed E-state index contributed by atoms with van der Waals surface area (Å²) >= 11 is 0. The fourth-order valence-electron chi connectivity index (χ4n) is 1.45. The average molecular weight is 279 g/mol. The normalized spacial score (nSPS) is 11.4. The molecule has 1 aromatic heterocycles. The van der Waals surface area contributed by atoms with Crippen LogP contribution in [0.15, 0.2) is 0 Å². The molecule has 1 heterocycles. The maximum Gasteiger partial charge on any atom is 0.390 e. The Kier molecular flexibility index (Phi) is 4.12. The molecule has 0 amide bonds. The number of hydrogen-bond acceptors (Lipinski definition) is 6. The molecule has 0 saturated heterocycles. The van der Waals surface area contributed by atoms with Gasteiger partial charge in [0.25, 0.3) is 0 Å². The quantitative estimate of drug-likeness (QED) is 0.664. The van der Waals surface area contributed by atoms with Crippen molar-refractivity contribution in [2.24, 2.45) is 0 Å². The van der Waals surface area contributed by atoms with Crippen molar-refractivity contribution in [3.8, 4) is 0 Å². The van der Waals surface area contributed by atoms with E-state index < -0.39 is 29.8 Å². The minimum Gasteiger partial charge on any atom is -0.368 e. The van der Waals surface area contributed by atoms with Gasteiger partial charge >= 0.3 is 11.9 Å². The Morgan fingerprint density at radius 3 is 2.47 bits per heavy atom. The van der Waals surface area contributed by atoms with Crippen LogP contribution in [0.3, 0.4) is 0 Å². The summed E-state index contributed by atoms with van der Waals surface area (Å²) in [7, 11) is 1.28. The highest BCUT2D eigenvalue weighted by atomic mass is 19.4. The molecule has 0 saturated carbocycles. The number of hydrogen-bond donors (Lipinski definition) is 1. The first-order chi connectivity index (χ1) is 8.61. The van der Waals surface area contributed by atoms with E-state index in [1.165, 1.54) is 14.0 Å². The Bertz CT molecular complexity index is 491. The van der Waals surface area contributed by atoms with Crippen LogP contribution in [0.1, 0.15) is 12.1 Å². The SMILES string of the molecule is Cc1nc(N)nc(N(C)CCC(F)(F)F)c1[N+](=O)[O-]. The molecule has 0 unspecified atom stereocenters. The van der Waals surface area contributed by atoms with Gasteiger partial charge in [0.1, 0.15) is 5.69 Å². The minimum atomic E-state index is -4.35. The van der Waals surface area contributed by atoms with E-state index >= 15 is 0 Å². The van der Waals surface area contributed by atoms with Gasteiger partial charge in [-0.2, -0.15) is 18.2 Å². The van der Waals surface area contributed by atoms with Gasteiger partial charge in [0, 0.05) is 13.6 Å². The molecule has 0 fully saturated rings. The molecule has 0 aliphatic carbocycles. The third kappa shape index (κ3) is 3.93. The van der Waals surface area contributed by atoms with Crippen molar-refractivity contribution >= 4 is 17.5 Å². The van der Waals surface area contributed by atoms with Crippen LogP contribution in [0, 0.1) is 17.0 Å². The zero-order valence-electron chi connectivity index (χ0n) is 10.2.